The highest BCUT2D eigenvalue weighted by Gasteiger charge is 2.48. The van der Waals surface area contributed by atoms with Crippen LogP contribution in [0.25, 0.3) is 0 Å². The van der Waals surface area contributed by atoms with E-state index in [2.05, 4.69) is 31.0 Å². The van der Waals surface area contributed by atoms with E-state index in [1.807, 2.05) is 0 Å². The Morgan fingerprint density at radius 3 is 2.75 bits per heavy atom. The van der Waals surface area contributed by atoms with Gasteiger partial charge in [-0.15, -0.1) is 0 Å². The van der Waals surface area contributed by atoms with Gasteiger partial charge >= 0.3 is 0 Å². The number of methoxy groups -OCH3 is 1. The minimum absolute atomic E-state index is 0.352. The molecule has 0 amide bonds. The second-order valence-corrected chi connectivity index (χ2v) is 5.87. The average molecular weight is 226 g/mol. The fourth-order valence-electron chi connectivity index (χ4n) is 3.15. The highest BCUT2D eigenvalue weighted by molar-refractivity contribution is 5.05. The van der Waals surface area contributed by atoms with Crippen molar-refractivity contribution in [1.82, 2.24) is 10.2 Å². The first-order valence-corrected chi connectivity index (χ1v) is 6.57. The Hall–Kier alpha value is -0.120. The van der Waals surface area contributed by atoms with Crippen molar-refractivity contribution in [3.05, 3.63) is 0 Å². The van der Waals surface area contributed by atoms with Crippen molar-refractivity contribution in [3.63, 3.8) is 0 Å². The molecule has 1 aliphatic carbocycles. The monoisotopic (exact) mass is 226 g/mol. The van der Waals surface area contributed by atoms with E-state index >= 15 is 0 Å². The minimum atomic E-state index is 0.352. The van der Waals surface area contributed by atoms with Gasteiger partial charge in [-0.1, -0.05) is 0 Å². The predicted octanol–water partition coefficient (Wildman–Crippen LogP) is 1.48. The SMILES string of the molecule is COCC(C)N1CC(C)NCC1(C)C1CC1. The Morgan fingerprint density at radius 1 is 1.50 bits per heavy atom. The number of ether oxygens (including phenoxy) is 1. The van der Waals surface area contributed by atoms with Gasteiger partial charge in [-0.3, -0.25) is 4.90 Å². The fourth-order valence-corrected chi connectivity index (χ4v) is 3.15. The summed E-state index contributed by atoms with van der Waals surface area (Å²) in [6, 6.07) is 1.13. The summed E-state index contributed by atoms with van der Waals surface area (Å²) in [6.45, 7) is 10.1. The van der Waals surface area contributed by atoms with E-state index in [9.17, 15) is 0 Å². The van der Waals surface area contributed by atoms with Crippen LogP contribution in [0.2, 0.25) is 0 Å². The van der Waals surface area contributed by atoms with E-state index < -0.39 is 0 Å². The van der Waals surface area contributed by atoms with Crippen LogP contribution in [-0.4, -0.2) is 49.3 Å². The maximum atomic E-state index is 5.32. The second-order valence-electron chi connectivity index (χ2n) is 5.87. The Bertz CT molecular complexity index is 242. The molecule has 1 saturated carbocycles. The number of nitrogens with one attached hydrogen (secondary N) is 1. The van der Waals surface area contributed by atoms with Crippen LogP contribution in [0.15, 0.2) is 0 Å². The van der Waals surface area contributed by atoms with Crippen molar-refractivity contribution in [2.45, 2.75) is 51.2 Å². The molecule has 0 spiro atoms. The van der Waals surface area contributed by atoms with E-state index in [0.29, 0.717) is 17.6 Å². The van der Waals surface area contributed by atoms with Crippen LogP contribution in [-0.2, 0) is 4.74 Å². The predicted molar refractivity (Wildman–Crippen MR) is 66.6 cm³/mol. The van der Waals surface area contributed by atoms with Crippen LogP contribution in [0.4, 0.5) is 0 Å². The standard InChI is InChI=1S/C13H26N2O/c1-10-7-15(11(2)8-16-4)13(3,9-14-10)12-5-6-12/h10-12,14H,5-9H2,1-4H3. The maximum Gasteiger partial charge on any atom is 0.0615 e. The van der Waals surface area contributed by atoms with Gasteiger partial charge in [0.1, 0.15) is 0 Å². The van der Waals surface area contributed by atoms with Crippen molar-refractivity contribution in [2.24, 2.45) is 5.92 Å². The molecule has 1 N–H and O–H groups in total. The summed E-state index contributed by atoms with van der Waals surface area (Å²) < 4.78 is 5.32. The number of nitrogens with zero attached hydrogens (tertiary/aromatic N) is 1. The number of hydrogen-bond acceptors (Lipinski definition) is 3. The molecule has 1 saturated heterocycles. The Kier molecular flexibility index (Phi) is 3.57. The van der Waals surface area contributed by atoms with Gasteiger partial charge in [0.05, 0.1) is 6.61 Å². The van der Waals surface area contributed by atoms with Crippen molar-refractivity contribution < 1.29 is 4.74 Å². The molecule has 0 aromatic carbocycles. The molecule has 94 valence electrons. The summed E-state index contributed by atoms with van der Waals surface area (Å²) in [7, 11) is 1.80. The van der Waals surface area contributed by atoms with Crippen molar-refractivity contribution >= 4 is 0 Å². The van der Waals surface area contributed by atoms with E-state index in [-0.39, 0.29) is 0 Å². The third-order valence-corrected chi connectivity index (χ3v) is 4.33. The number of piperazine rings is 1. The zero-order chi connectivity index (χ0) is 11.8. The quantitative estimate of drug-likeness (QED) is 0.786. The molecule has 3 nitrogen and oxygen atoms in total. The second kappa shape index (κ2) is 4.63. The molecule has 3 unspecified atom stereocenters. The molecule has 1 heterocycles. The molecule has 1 aliphatic heterocycles. The number of rotatable bonds is 4. The molecular formula is C13H26N2O. The summed E-state index contributed by atoms with van der Waals surface area (Å²) in [5.41, 5.74) is 0.352. The largest absolute Gasteiger partial charge is 0.383 e. The Morgan fingerprint density at radius 2 is 2.19 bits per heavy atom. The highest BCUT2D eigenvalue weighted by atomic mass is 16.5. The molecule has 3 heteroatoms. The molecule has 0 radical (unpaired) electrons. The molecule has 2 rings (SSSR count). The average Bonchev–Trinajstić information content (AvgIpc) is 3.06. The van der Waals surface area contributed by atoms with Crippen LogP contribution in [0.5, 0.6) is 0 Å². The maximum absolute atomic E-state index is 5.32. The lowest BCUT2D eigenvalue weighted by Gasteiger charge is -2.50. The van der Waals surface area contributed by atoms with E-state index in [4.69, 9.17) is 4.74 Å². The highest BCUT2D eigenvalue weighted by Crippen LogP contribution is 2.44. The first kappa shape index (κ1) is 12.3. The summed E-state index contributed by atoms with van der Waals surface area (Å²) >= 11 is 0. The van der Waals surface area contributed by atoms with Crippen LogP contribution in [0.3, 0.4) is 0 Å². The first-order chi connectivity index (χ1) is 7.58. The lowest BCUT2D eigenvalue weighted by molar-refractivity contribution is -0.0190. The molecule has 3 atom stereocenters. The van der Waals surface area contributed by atoms with Crippen LogP contribution in [0, 0.1) is 5.92 Å². The first-order valence-electron chi connectivity index (χ1n) is 6.57. The van der Waals surface area contributed by atoms with E-state index in [1.165, 1.54) is 12.8 Å². The van der Waals surface area contributed by atoms with E-state index in [0.717, 1.165) is 25.6 Å². The van der Waals surface area contributed by atoms with Gasteiger partial charge in [-0.25, -0.2) is 0 Å². The third-order valence-electron chi connectivity index (χ3n) is 4.33. The normalized spacial score (nSPS) is 38.6. The van der Waals surface area contributed by atoms with Crippen LogP contribution < -0.4 is 5.32 Å². The fraction of sp³-hybridized carbons (Fsp3) is 1.00. The topological polar surface area (TPSA) is 24.5 Å². The zero-order valence-corrected chi connectivity index (χ0v) is 11.1. The van der Waals surface area contributed by atoms with Crippen molar-refractivity contribution in [1.29, 1.82) is 0 Å². The molecular weight excluding hydrogens is 200 g/mol. The van der Waals surface area contributed by atoms with Crippen molar-refractivity contribution in [3.8, 4) is 0 Å². The Balaban J connectivity index is 2.08. The lowest BCUT2D eigenvalue weighted by Crippen LogP contribution is -2.66. The molecule has 0 bridgehead atoms. The van der Waals surface area contributed by atoms with Crippen molar-refractivity contribution in [2.75, 3.05) is 26.8 Å². The zero-order valence-electron chi connectivity index (χ0n) is 11.1. The van der Waals surface area contributed by atoms with Gasteiger partial charge in [-0.05, 0) is 39.5 Å². The van der Waals surface area contributed by atoms with Gasteiger partial charge in [0, 0.05) is 37.8 Å². The lowest BCUT2D eigenvalue weighted by atomic mass is 9.88. The molecule has 2 fully saturated rings. The molecule has 0 aromatic heterocycles. The van der Waals surface area contributed by atoms with Crippen LogP contribution in [0.1, 0.15) is 33.6 Å². The van der Waals surface area contributed by atoms with Gasteiger partial charge in [-0.2, -0.15) is 0 Å². The summed E-state index contributed by atoms with van der Waals surface area (Å²) in [4.78, 5) is 2.68. The van der Waals surface area contributed by atoms with Crippen LogP contribution >= 0.6 is 0 Å². The summed E-state index contributed by atoms with van der Waals surface area (Å²) in [5, 5.41) is 3.64. The molecule has 16 heavy (non-hydrogen) atoms. The van der Waals surface area contributed by atoms with Gasteiger partial charge in [0.2, 0.25) is 0 Å². The van der Waals surface area contributed by atoms with Gasteiger partial charge in [0.15, 0.2) is 0 Å². The summed E-state index contributed by atoms with van der Waals surface area (Å²) in [6.07, 6.45) is 2.81. The summed E-state index contributed by atoms with van der Waals surface area (Å²) in [5.74, 6) is 0.895. The van der Waals surface area contributed by atoms with Gasteiger partial charge in [0.25, 0.3) is 0 Å². The molecule has 2 aliphatic rings. The smallest absolute Gasteiger partial charge is 0.0615 e. The molecule has 0 aromatic rings. The number of hydrogen-bond donors (Lipinski definition) is 1. The Labute approximate surface area is 99.5 Å². The third kappa shape index (κ3) is 2.27. The van der Waals surface area contributed by atoms with E-state index in [1.54, 1.807) is 7.11 Å². The van der Waals surface area contributed by atoms with Gasteiger partial charge < -0.3 is 10.1 Å². The minimum Gasteiger partial charge on any atom is -0.383 e.